The van der Waals surface area contributed by atoms with Crippen LogP contribution in [-0.2, 0) is 14.8 Å². The number of hydrogen-bond acceptors (Lipinski definition) is 8. The van der Waals surface area contributed by atoms with Gasteiger partial charge in [0.05, 0.1) is 4.90 Å². The Hall–Kier alpha value is -2.34. The van der Waals surface area contributed by atoms with Gasteiger partial charge in [-0.1, -0.05) is 36.0 Å². The third-order valence-electron chi connectivity index (χ3n) is 4.52. The lowest BCUT2D eigenvalue weighted by Crippen LogP contribution is -2.30. The molecule has 0 N–H and O–H groups in total. The number of hydrogen-bond donors (Lipinski definition) is 0. The van der Waals surface area contributed by atoms with Gasteiger partial charge in [0.1, 0.15) is 9.93 Å². The van der Waals surface area contributed by atoms with E-state index < -0.39 is 10.0 Å². The predicted molar refractivity (Wildman–Crippen MR) is 128 cm³/mol. The number of nitrogens with zero attached hydrogens (tertiary/aromatic N) is 4. The molecular formula is C20H18N4O3S4. The van der Waals surface area contributed by atoms with Crippen molar-refractivity contribution < 1.29 is 13.2 Å². The lowest BCUT2D eigenvalue weighted by molar-refractivity contribution is -0.121. The Kier molecular flexibility index (Phi) is 6.11. The summed E-state index contributed by atoms with van der Waals surface area (Å²) < 4.78 is 29.6. The highest BCUT2D eigenvalue weighted by Gasteiger charge is 2.40. The summed E-state index contributed by atoms with van der Waals surface area (Å²) in [4.78, 5) is 22.5. The second-order valence-electron chi connectivity index (χ2n) is 6.50. The van der Waals surface area contributed by atoms with Gasteiger partial charge < -0.3 is 0 Å². The molecule has 11 heteroatoms. The Morgan fingerprint density at radius 1 is 1.19 bits per heavy atom. The van der Waals surface area contributed by atoms with Crippen LogP contribution in [0, 0.1) is 0 Å². The average molecular weight is 491 g/mol. The maximum Gasteiger partial charge on any atom is 0.284 e. The first kappa shape index (κ1) is 21.9. The number of amidine groups is 1. The second-order valence-corrected chi connectivity index (χ2v) is 11.2. The van der Waals surface area contributed by atoms with Gasteiger partial charge in [-0.2, -0.15) is 8.42 Å². The molecule has 1 fully saturated rings. The van der Waals surface area contributed by atoms with Crippen LogP contribution >= 0.6 is 34.9 Å². The minimum absolute atomic E-state index is 0.0724. The number of anilines is 1. The maximum atomic E-state index is 13.3. The van der Waals surface area contributed by atoms with Crippen molar-refractivity contribution in [3.05, 3.63) is 75.1 Å². The van der Waals surface area contributed by atoms with Crippen molar-refractivity contribution in [2.24, 2.45) is 4.40 Å². The summed E-state index contributed by atoms with van der Waals surface area (Å²) in [7, 11) is -3.97. The first-order valence-corrected chi connectivity index (χ1v) is 13.1. The SMILES string of the molecule is C=CCN1C(=O)/C(=C2/SC(C)=C(C)N2c2nccs2)S/C1=N\S(=O)(=O)c1ccccc1. The third-order valence-corrected chi connectivity index (χ3v) is 9.05. The molecule has 7 nitrogen and oxygen atoms in total. The fourth-order valence-corrected chi connectivity index (χ4v) is 7.13. The number of thioether (sulfide) groups is 2. The largest absolute Gasteiger partial charge is 0.284 e. The smallest absolute Gasteiger partial charge is 0.282 e. The van der Waals surface area contributed by atoms with Crippen molar-refractivity contribution in [2.75, 3.05) is 11.4 Å². The highest BCUT2D eigenvalue weighted by atomic mass is 32.2. The molecule has 0 bridgehead atoms. The van der Waals surface area contributed by atoms with Crippen LogP contribution in [0.3, 0.4) is 0 Å². The minimum atomic E-state index is -3.97. The van der Waals surface area contributed by atoms with E-state index >= 15 is 0 Å². The summed E-state index contributed by atoms with van der Waals surface area (Å²) in [5.74, 6) is -0.307. The van der Waals surface area contributed by atoms with Crippen LogP contribution in [0.5, 0.6) is 0 Å². The Bertz CT molecular complexity index is 1230. The molecule has 2 aromatic rings. The number of sulfonamides is 1. The molecule has 0 saturated carbocycles. The van der Waals surface area contributed by atoms with E-state index in [4.69, 9.17) is 0 Å². The van der Waals surface area contributed by atoms with E-state index in [9.17, 15) is 13.2 Å². The molecule has 0 aliphatic carbocycles. The zero-order valence-electron chi connectivity index (χ0n) is 16.7. The highest BCUT2D eigenvalue weighted by Crippen LogP contribution is 2.49. The molecule has 2 aliphatic heterocycles. The monoisotopic (exact) mass is 490 g/mol. The molecule has 31 heavy (non-hydrogen) atoms. The van der Waals surface area contributed by atoms with Crippen LogP contribution in [0.4, 0.5) is 5.13 Å². The number of benzene rings is 1. The first-order valence-electron chi connectivity index (χ1n) is 9.13. The maximum absolute atomic E-state index is 13.3. The van der Waals surface area contributed by atoms with Crippen molar-refractivity contribution >= 4 is 61.1 Å². The molecule has 3 heterocycles. The molecule has 1 saturated heterocycles. The van der Waals surface area contributed by atoms with Gasteiger partial charge in [-0.3, -0.25) is 14.6 Å². The van der Waals surface area contributed by atoms with Gasteiger partial charge in [-0.25, -0.2) is 4.98 Å². The van der Waals surface area contributed by atoms with Crippen molar-refractivity contribution in [3.63, 3.8) is 0 Å². The van der Waals surface area contributed by atoms with Crippen molar-refractivity contribution in [1.29, 1.82) is 0 Å². The Balaban J connectivity index is 1.80. The topological polar surface area (TPSA) is 82.9 Å². The lowest BCUT2D eigenvalue weighted by Gasteiger charge is -2.19. The lowest BCUT2D eigenvalue weighted by atomic mass is 10.4. The normalized spacial score (nSPS) is 21.0. The molecule has 1 aromatic carbocycles. The van der Waals surface area contributed by atoms with Gasteiger partial charge in [-0.15, -0.1) is 22.3 Å². The van der Waals surface area contributed by atoms with Gasteiger partial charge in [0.25, 0.3) is 15.9 Å². The van der Waals surface area contributed by atoms with E-state index in [1.165, 1.54) is 40.1 Å². The first-order chi connectivity index (χ1) is 14.8. The predicted octanol–water partition coefficient (Wildman–Crippen LogP) is 4.62. The molecule has 0 spiro atoms. The molecule has 4 rings (SSSR count). The van der Waals surface area contributed by atoms with Gasteiger partial charge in [0, 0.05) is 28.7 Å². The molecule has 0 radical (unpaired) electrons. The van der Waals surface area contributed by atoms with Crippen molar-refractivity contribution in [1.82, 2.24) is 9.88 Å². The number of carbonyl (C=O) groups excluding carboxylic acids is 1. The second kappa shape index (κ2) is 8.65. The van der Waals surface area contributed by atoms with Gasteiger partial charge in [-0.05, 0) is 37.7 Å². The summed E-state index contributed by atoms with van der Waals surface area (Å²) in [6.07, 6.45) is 3.26. The summed E-state index contributed by atoms with van der Waals surface area (Å²) in [6.45, 7) is 7.80. The zero-order valence-corrected chi connectivity index (χ0v) is 19.9. The number of allylic oxidation sites excluding steroid dienone is 2. The summed E-state index contributed by atoms with van der Waals surface area (Å²) >= 11 is 3.99. The average Bonchev–Trinajstić information content (AvgIpc) is 3.44. The van der Waals surface area contributed by atoms with Crippen LogP contribution in [0.15, 0.2) is 84.4 Å². The Morgan fingerprint density at radius 2 is 1.94 bits per heavy atom. The molecule has 0 unspecified atom stereocenters. The van der Waals surface area contributed by atoms with Crippen LogP contribution in [0.1, 0.15) is 13.8 Å². The minimum Gasteiger partial charge on any atom is -0.282 e. The van der Waals surface area contributed by atoms with E-state index in [-0.39, 0.29) is 22.5 Å². The summed E-state index contributed by atoms with van der Waals surface area (Å²) in [5.41, 5.74) is 0.980. The van der Waals surface area contributed by atoms with Crippen LogP contribution < -0.4 is 4.90 Å². The number of thiazole rings is 1. The molecule has 1 aromatic heterocycles. The highest BCUT2D eigenvalue weighted by molar-refractivity contribution is 8.20. The van der Waals surface area contributed by atoms with Crippen molar-refractivity contribution in [2.45, 2.75) is 18.7 Å². The molecule has 0 atom stereocenters. The number of carbonyl (C=O) groups is 1. The van der Waals surface area contributed by atoms with Gasteiger partial charge >= 0.3 is 0 Å². The standard InChI is InChI=1S/C20H18N4O3S4/c1-4-11-23-17(25)16(18-24(13(2)14(3)29-18)19-21-10-12-28-19)30-20(23)22-31(26,27)15-8-6-5-7-9-15/h4-10,12H,1,11H2,2-3H3/b18-16-,22-20-. The van der Waals surface area contributed by atoms with E-state index in [0.29, 0.717) is 9.93 Å². The van der Waals surface area contributed by atoms with Crippen LogP contribution in [0.25, 0.3) is 0 Å². The van der Waals surface area contributed by atoms with E-state index in [1.807, 2.05) is 24.1 Å². The fourth-order valence-electron chi connectivity index (χ4n) is 2.92. The van der Waals surface area contributed by atoms with E-state index in [1.54, 1.807) is 30.5 Å². The van der Waals surface area contributed by atoms with Gasteiger partial charge in [0.2, 0.25) is 0 Å². The molecular weight excluding hydrogens is 473 g/mol. The number of rotatable bonds is 5. The number of amides is 1. The Labute approximate surface area is 193 Å². The summed E-state index contributed by atoms with van der Waals surface area (Å²) in [6, 6.07) is 7.95. The third kappa shape index (κ3) is 4.10. The molecule has 2 aliphatic rings. The quantitative estimate of drug-likeness (QED) is 0.447. The van der Waals surface area contributed by atoms with E-state index in [0.717, 1.165) is 27.5 Å². The van der Waals surface area contributed by atoms with E-state index in [2.05, 4.69) is 16.0 Å². The Morgan fingerprint density at radius 3 is 2.58 bits per heavy atom. The van der Waals surface area contributed by atoms with Crippen molar-refractivity contribution in [3.8, 4) is 0 Å². The zero-order chi connectivity index (χ0) is 22.2. The van der Waals surface area contributed by atoms with Gasteiger partial charge in [0.15, 0.2) is 10.3 Å². The van der Waals surface area contributed by atoms with Crippen LogP contribution in [0.2, 0.25) is 0 Å². The molecule has 1 amide bonds. The summed E-state index contributed by atoms with van der Waals surface area (Å²) in [5, 5.41) is 3.43. The van der Waals surface area contributed by atoms with Crippen LogP contribution in [-0.4, -0.2) is 35.9 Å². The fraction of sp³-hybridized carbons (Fsp3) is 0.150. The molecule has 160 valence electrons. The number of aromatic nitrogens is 1.